The molecule has 2 aromatic rings. The molecule has 0 radical (unpaired) electrons. The molecule has 0 spiro atoms. The van der Waals surface area contributed by atoms with Crippen molar-refractivity contribution in [2.45, 2.75) is 62.5 Å². The summed E-state index contributed by atoms with van der Waals surface area (Å²) in [5.74, 6) is 0.717. The number of furan rings is 1. The van der Waals surface area contributed by atoms with E-state index in [9.17, 15) is 13.2 Å². The fourth-order valence-corrected chi connectivity index (χ4v) is 6.43. The number of carbonyl (C=O) groups excluding carboxylic acids is 1. The van der Waals surface area contributed by atoms with Crippen LogP contribution in [0.25, 0.3) is 4.72 Å². The van der Waals surface area contributed by atoms with Gasteiger partial charge in [0.2, 0.25) is 15.1 Å². The van der Waals surface area contributed by atoms with E-state index >= 15 is 0 Å². The smallest absolute Gasteiger partial charge is 0.449 e. The Morgan fingerprint density at radius 3 is 2.65 bits per heavy atom. The molecular weight excluding hydrogens is 425 g/mol. The van der Waals surface area contributed by atoms with E-state index in [1.54, 1.807) is 6.07 Å². The average Bonchev–Trinajstić information content (AvgIpc) is 3.41. The van der Waals surface area contributed by atoms with Crippen molar-refractivity contribution < 1.29 is 47.2 Å². The van der Waals surface area contributed by atoms with Gasteiger partial charge < -0.3 is 14.5 Å². The molecule has 0 bridgehead atoms. The summed E-state index contributed by atoms with van der Waals surface area (Å²) in [6.45, 7) is 1.92. The number of hydrogen-bond acceptors (Lipinski definition) is 5. The summed E-state index contributed by atoms with van der Waals surface area (Å²) in [4.78, 5) is 15.0. The van der Waals surface area contributed by atoms with Crippen LogP contribution < -0.4 is 34.9 Å². The Morgan fingerprint density at radius 1 is 1.03 bits per heavy atom. The van der Waals surface area contributed by atoms with E-state index in [1.807, 2.05) is 0 Å². The van der Waals surface area contributed by atoms with E-state index < -0.39 is 16.1 Å². The minimum absolute atomic E-state index is 0. The molecule has 0 saturated carbocycles. The standard InChI is InChI=1S/C22H25N3O4S.Na/c26-22(23-21-15-4-1-3-13(15)11-14-6-7-16(14)21)24-30(27,28)20-12-17-18-5-2-9-25(18)10-8-19(17)29-20;/h11-12,18H,1-10H2,(H2,23,24,26);/q;+1/p-1. The van der Waals surface area contributed by atoms with Gasteiger partial charge >= 0.3 is 29.6 Å². The van der Waals surface area contributed by atoms with Gasteiger partial charge in [-0.2, -0.15) is 0 Å². The Labute approximate surface area is 204 Å². The molecule has 1 aromatic heterocycles. The van der Waals surface area contributed by atoms with E-state index in [0.29, 0.717) is 6.42 Å². The molecule has 7 nitrogen and oxygen atoms in total. The van der Waals surface area contributed by atoms with Crippen LogP contribution in [0.2, 0.25) is 0 Å². The third-order valence-corrected chi connectivity index (χ3v) is 8.22. The van der Waals surface area contributed by atoms with Gasteiger partial charge in [0.15, 0.2) is 6.03 Å². The van der Waals surface area contributed by atoms with E-state index in [-0.39, 0.29) is 40.7 Å². The first kappa shape index (κ1) is 21.5. The van der Waals surface area contributed by atoms with E-state index in [2.05, 4.69) is 21.0 Å². The Kier molecular flexibility index (Phi) is 5.50. The Bertz CT molecular complexity index is 1170. The molecule has 1 N–H and O–H groups in total. The Balaban J connectivity index is 0.00000204. The average molecular weight is 450 g/mol. The molecule has 1 saturated heterocycles. The van der Waals surface area contributed by atoms with E-state index in [0.717, 1.165) is 86.2 Å². The number of benzene rings is 1. The minimum atomic E-state index is -4.19. The van der Waals surface area contributed by atoms with Gasteiger partial charge in [0.1, 0.15) is 5.76 Å². The van der Waals surface area contributed by atoms with Gasteiger partial charge in [0.25, 0.3) is 0 Å². The van der Waals surface area contributed by atoms with Crippen LogP contribution in [-0.4, -0.2) is 32.4 Å². The predicted molar refractivity (Wildman–Crippen MR) is 111 cm³/mol. The van der Waals surface area contributed by atoms with Crippen molar-refractivity contribution in [2.24, 2.45) is 0 Å². The number of urea groups is 1. The van der Waals surface area contributed by atoms with Gasteiger partial charge in [-0.3, -0.25) is 9.69 Å². The Hall–Kier alpha value is -1.32. The number of nitrogens with one attached hydrogen (secondary N) is 1. The molecule has 1 fully saturated rings. The zero-order chi connectivity index (χ0) is 20.5. The number of nitrogens with zero attached hydrogens (tertiary/aromatic N) is 2. The molecule has 1 unspecified atom stereocenters. The number of sulfonamides is 1. The zero-order valence-electron chi connectivity index (χ0n) is 17.7. The van der Waals surface area contributed by atoms with Gasteiger partial charge in [-0.15, -0.1) is 0 Å². The first-order valence-corrected chi connectivity index (χ1v) is 12.3. The number of fused-ring (bicyclic) bond motifs is 5. The maximum absolute atomic E-state index is 12.8. The summed E-state index contributed by atoms with van der Waals surface area (Å²) < 4.78 is 34.8. The first-order valence-electron chi connectivity index (χ1n) is 10.8. The van der Waals surface area contributed by atoms with Crippen LogP contribution in [0.1, 0.15) is 58.9 Å². The minimum Gasteiger partial charge on any atom is -0.449 e. The van der Waals surface area contributed by atoms with Gasteiger partial charge in [-0.05, 0) is 79.4 Å². The number of hydrogen-bond donors (Lipinski definition) is 1. The fourth-order valence-electron chi connectivity index (χ4n) is 5.59. The van der Waals surface area contributed by atoms with Crippen molar-refractivity contribution in [3.63, 3.8) is 0 Å². The van der Waals surface area contributed by atoms with Crippen LogP contribution >= 0.6 is 0 Å². The second-order valence-electron chi connectivity index (χ2n) is 8.76. The van der Waals surface area contributed by atoms with Gasteiger partial charge in [0, 0.05) is 30.6 Å². The molecule has 4 aliphatic rings. The molecule has 6 rings (SSSR count). The van der Waals surface area contributed by atoms with Gasteiger partial charge in [-0.25, -0.2) is 8.42 Å². The summed E-state index contributed by atoms with van der Waals surface area (Å²) in [5, 5.41) is 2.57. The van der Waals surface area contributed by atoms with Crippen molar-refractivity contribution in [1.29, 1.82) is 0 Å². The second kappa shape index (κ2) is 7.92. The van der Waals surface area contributed by atoms with Crippen molar-refractivity contribution in [3.05, 3.63) is 50.4 Å². The van der Waals surface area contributed by atoms with Crippen molar-refractivity contribution in [2.75, 3.05) is 18.4 Å². The SMILES string of the molecule is O=C([N-]S(=O)(=O)c1cc2c(o1)CCN1CCCC21)Nc1c2c(cc3c1CC3)CCC2.[Na+]. The fraction of sp³-hybridized carbons (Fsp3) is 0.500. The summed E-state index contributed by atoms with van der Waals surface area (Å²) in [6.07, 6.45) is 7.71. The van der Waals surface area contributed by atoms with Crippen LogP contribution in [0.5, 0.6) is 0 Å². The van der Waals surface area contributed by atoms with Gasteiger partial charge in [0.05, 0.1) is 0 Å². The van der Waals surface area contributed by atoms with Crippen molar-refractivity contribution in [3.8, 4) is 0 Å². The molecule has 2 aliphatic carbocycles. The predicted octanol–water partition coefficient (Wildman–Crippen LogP) is 0.858. The molecule has 1 atom stereocenters. The molecular formula is C22H24N3NaO4S. The summed E-state index contributed by atoms with van der Waals surface area (Å²) in [6, 6.07) is 3.20. The van der Waals surface area contributed by atoms with E-state index in [4.69, 9.17) is 4.42 Å². The third-order valence-electron chi connectivity index (χ3n) is 7.10. The zero-order valence-corrected chi connectivity index (χ0v) is 20.6. The normalized spacial score (nSPS) is 21.2. The van der Waals surface area contributed by atoms with Gasteiger partial charge in [-0.1, -0.05) is 6.07 Å². The topological polar surface area (TPSA) is 93.7 Å². The van der Waals surface area contributed by atoms with Crippen LogP contribution in [-0.2, 0) is 42.1 Å². The molecule has 2 aliphatic heterocycles. The maximum atomic E-state index is 12.8. The molecule has 1 aromatic carbocycles. The van der Waals surface area contributed by atoms with Crippen molar-refractivity contribution in [1.82, 2.24) is 4.90 Å². The molecule has 158 valence electrons. The molecule has 3 heterocycles. The summed E-state index contributed by atoms with van der Waals surface area (Å²) in [7, 11) is -4.19. The monoisotopic (exact) mass is 449 g/mol. The largest absolute Gasteiger partial charge is 1.00 e. The molecule has 31 heavy (non-hydrogen) atoms. The molecule has 9 heteroatoms. The number of aryl methyl sites for hydroxylation is 2. The second-order valence-corrected chi connectivity index (χ2v) is 10.3. The number of carbonyl (C=O) groups is 1. The number of amides is 2. The molecule has 2 amide bonds. The van der Waals surface area contributed by atoms with Crippen LogP contribution in [0, 0.1) is 0 Å². The van der Waals surface area contributed by atoms with Crippen LogP contribution in [0.3, 0.4) is 0 Å². The maximum Gasteiger partial charge on any atom is 1.00 e. The number of anilines is 1. The summed E-state index contributed by atoms with van der Waals surface area (Å²) >= 11 is 0. The third kappa shape index (κ3) is 3.56. The summed E-state index contributed by atoms with van der Waals surface area (Å²) in [5.41, 5.74) is 6.53. The Morgan fingerprint density at radius 2 is 1.84 bits per heavy atom. The van der Waals surface area contributed by atoms with Crippen molar-refractivity contribution >= 4 is 21.7 Å². The van der Waals surface area contributed by atoms with E-state index in [1.165, 1.54) is 11.1 Å². The van der Waals surface area contributed by atoms with Crippen LogP contribution in [0.4, 0.5) is 10.5 Å². The quantitative estimate of drug-likeness (QED) is 0.702. The number of rotatable bonds is 3. The van der Waals surface area contributed by atoms with Crippen LogP contribution in [0.15, 0.2) is 21.6 Å². The first-order chi connectivity index (χ1) is 14.5.